The molecule has 3 rings (SSSR count). The normalized spacial score (nSPS) is 9.89. The molecule has 0 spiro atoms. The highest BCUT2D eigenvalue weighted by atomic mass is 19.1. The molecule has 0 saturated heterocycles. The number of hydrogen-bond donors (Lipinski definition) is 0. The minimum absolute atomic E-state index is 0.195. The summed E-state index contributed by atoms with van der Waals surface area (Å²) in [7, 11) is 1.58. The van der Waals surface area contributed by atoms with Crippen LogP contribution in [0.4, 0.5) is 4.39 Å². The highest BCUT2D eigenvalue weighted by Gasteiger charge is 2.12. The molecular formula is C28H23FO6. The first kappa shape index (κ1) is 25.1. The Morgan fingerprint density at radius 1 is 0.914 bits per heavy atom. The van der Waals surface area contributed by atoms with Crippen molar-refractivity contribution in [2.24, 2.45) is 0 Å². The van der Waals surface area contributed by atoms with Gasteiger partial charge >= 0.3 is 11.9 Å². The summed E-state index contributed by atoms with van der Waals surface area (Å²) in [6.45, 7) is 3.86. The second-order valence-electron chi connectivity index (χ2n) is 7.11. The van der Waals surface area contributed by atoms with Gasteiger partial charge in [-0.25, -0.2) is 14.0 Å². The van der Waals surface area contributed by atoms with Gasteiger partial charge in [0.2, 0.25) is 0 Å². The van der Waals surface area contributed by atoms with Crippen LogP contribution < -0.4 is 14.2 Å². The van der Waals surface area contributed by atoms with Crippen LogP contribution in [0.2, 0.25) is 0 Å². The molecule has 0 aliphatic carbocycles. The lowest BCUT2D eigenvalue weighted by molar-refractivity contribution is -0.137. The Hall–Kier alpha value is -4.57. The number of rotatable bonds is 9. The topological polar surface area (TPSA) is 71.1 Å². The van der Waals surface area contributed by atoms with Crippen molar-refractivity contribution < 1.29 is 32.9 Å². The third kappa shape index (κ3) is 7.76. The Bertz CT molecular complexity index is 1240. The van der Waals surface area contributed by atoms with E-state index in [1.807, 2.05) is 0 Å². The molecule has 0 heterocycles. The van der Waals surface area contributed by atoms with Crippen LogP contribution >= 0.6 is 0 Å². The van der Waals surface area contributed by atoms with Gasteiger partial charge in [-0.2, -0.15) is 0 Å². The molecule has 0 bridgehead atoms. The SMILES string of the molecule is C=CC(=O)OCCCOc1ccc(C(=O)Oc2ccc(C#Cc3ccc(OC)cc3)cc2F)cc1. The molecule has 3 aromatic rings. The molecular weight excluding hydrogens is 451 g/mol. The largest absolute Gasteiger partial charge is 0.497 e. The number of esters is 2. The van der Waals surface area contributed by atoms with Crippen molar-refractivity contribution in [2.45, 2.75) is 6.42 Å². The van der Waals surface area contributed by atoms with Crippen molar-refractivity contribution >= 4 is 11.9 Å². The molecule has 0 fully saturated rings. The van der Waals surface area contributed by atoms with Gasteiger partial charge in [-0.3, -0.25) is 0 Å². The summed E-state index contributed by atoms with van der Waals surface area (Å²) in [5.74, 6) is 4.99. The van der Waals surface area contributed by atoms with E-state index >= 15 is 0 Å². The fourth-order valence-corrected chi connectivity index (χ4v) is 2.81. The zero-order valence-electron chi connectivity index (χ0n) is 19.1. The van der Waals surface area contributed by atoms with Gasteiger partial charge in [-0.1, -0.05) is 18.4 Å². The monoisotopic (exact) mass is 474 g/mol. The Morgan fingerprint density at radius 2 is 1.57 bits per heavy atom. The zero-order valence-corrected chi connectivity index (χ0v) is 19.1. The first-order chi connectivity index (χ1) is 17.0. The molecule has 3 aromatic carbocycles. The molecule has 0 aromatic heterocycles. The van der Waals surface area contributed by atoms with Crippen molar-refractivity contribution in [1.29, 1.82) is 0 Å². The van der Waals surface area contributed by atoms with Gasteiger partial charge in [0.05, 0.1) is 25.9 Å². The van der Waals surface area contributed by atoms with Crippen LogP contribution in [0.25, 0.3) is 0 Å². The van der Waals surface area contributed by atoms with Crippen molar-refractivity contribution in [1.82, 2.24) is 0 Å². The first-order valence-electron chi connectivity index (χ1n) is 10.7. The van der Waals surface area contributed by atoms with Crippen LogP contribution in [0.5, 0.6) is 17.2 Å². The van der Waals surface area contributed by atoms with Gasteiger partial charge in [0.1, 0.15) is 11.5 Å². The number of carbonyl (C=O) groups excluding carboxylic acids is 2. The zero-order chi connectivity index (χ0) is 25.0. The van der Waals surface area contributed by atoms with Crippen LogP contribution in [0.1, 0.15) is 27.9 Å². The predicted molar refractivity (Wildman–Crippen MR) is 128 cm³/mol. The average molecular weight is 474 g/mol. The standard InChI is InChI=1S/C28H23FO6/c1-3-27(30)34-18-4-17-33-24-14-10-22(11-15-24)28(31)35-26-16-9-21(19-25(26)29)6-5-20-7-12-23(32-2)13-8-20/h3,7-16,19H,1,4,17-18H2,2H3. The Kier molecular flexibility index (Phi) is 9.03. The molecule has 178 valence electrons. The van der Waals surface area contributed by atoms with Gasteiger partial charge in [-0.05, 0) is 66.7 Å². The lowest BCUT2D eigenvalue weighted by atomic mass is 10.1. The third-order valence-corrected chi connectivity index (χ3v) is 4.63. The molecule has 0 amide bonds. The van der Waals surface area contributed by atoms with E-state index in [4.69, 9.17) is 18.9 Å². The van der Waals surface area contributed by atoms with Gasteiger partial charge in [0, 0.05) is 23.6 Å². The highest BCUT2D eigenvalue weighted by molar-refractivity contribution is 5.91. The van der Waals surface area contributed by atoms with Gasteiger partial charge in [-0.15, -0.1) is 0 Å². The van der Waals surface area contributed by atoms with E-state index in [2.05, 4.69) is 18.4 Å². The summed E-state index contributed by atoms with van der Waals surface area (Å²) in [6, 6.07) is 17.6. The van der Waals surface area contributed by atoms with Gasteiger partial charge in [0.15, 0.2) is 11.6 Å². The first-order valence-corrected chi connectivity index (χ1v) is 10.7. The third-order valence-electron chi connectivity index (χ3n) is 4.63. The van der Waals surface area contributed by atoms with E-state index < -0.39 is 17.8 Å². The fraction of sp³-hybridized carbons (Fsp3) is 0.143. The maximum absolute atomic E-state index is 14.5. The van der Waals surface area contributed by atoms with Gasteiger partial charge in [0.25, 0.3) is 0 Å². The second-order valence-corrected chi connectivity index (χ2v) is 7.11. The molecule has 0 aliphatic rings. The lowest BCUT2D eigenvalue weighted by Gasteiger charge is -2.08. The number of benzene rings is 3. The average Bonchev–Trinajstić information content (AvgIpc) is 2.89. The summed E-state index contributed by atoms with van der Waals surface area (Å²) in [4.78, 5) is 23.4. The minimum Gasteiger partial charge on any atom is -0.497 e. The van der Waals surface area contributed by atoms with Crippen molar-refractivity contribution in [3.05, 3.63) is 102 Å². The molecule has 0 atom stereocenters. The summed E-state index contributed by atoms with van der Waals surface area (Å²) in [5.41, 5.74) is 1.43. The second kappa shape index (κ2) is 12.6. The van der Waals surface area contributed by atoms with E-state index in [9.17, 15) is 14.0 Å². The Balaban J connectivity index is 1.53. The van der Waals surface area contributed by atoms with E-state index in [0.717, 1.165) is 17.4 Å². The van der Waals surface area contributed by atoms with Gasteiger partial charge < -0.3 is 18.9 Å². The summed E-state index contributed by atoms with van der Waals surface area (Å²) >= 11 is 0. The lowest BCUT2D eigenvalue weighted by Crippen LogP contribution is -2.10. The smallest absolute Gasteiger partial charge is 0.343 e. The minimum atomic E-state index is -0.705. The fourth-order valence-electron chi connectivity index (χ4n) is 2.81. The maximum Gasteiger partial charge on any atom is 0.343 e. The quantitative estimate of drug-likeness (QED) is 0.144. The number of halogens is 1. The summed E-state index contributed by atoms with van der Waals surface area (Å²) in [5, 5.41) is 0. The van der Waals surface area contributed by atoms with Crippen LogP contribution in [0, 0.1) is 17.7 Å². The Labute approximate surface area is 202 Å². The molecule has 0 saturated carbocycles. The summed E-state index contributed by atoms with van der Waals surface area (Å²) < 4.78 is 35.1. The summed E-state index contributed by atoms with van der Waals surface area (Å²) in [6.07, 6.45) is 1.60. The van der Waals surface area contributed by atoms with E-state index in [0.29, 0.717) is 24.3 Å². The van der Waals surface area contributed by atoms with Crippen LogP contribution in [0.3, 0.4) is 0 Å². The van der Waals surface area contributed by atoms with Crippen LogP contribution in [-0.4, -0.2) is 32.3 Å². The van der Waals surface area contributed by atoms with Crippen molar-refractivity contribution in [3.8, 4) is 29.1 Å². The molecule has 0 radical (unpaired) electrons. The molecule has 0 unspecified atom stereocenters. The number of methoxy groups -OCH3 is 1. The van der Waals surface area contributed by atoms with Crippen molar-refractivity contribution in [2.75, 3.05) is 20.3 Å². The molecule has 35 heavy (non-hydrogen) atoms. The van der Waals surface area contributed by atoms with E-state index in [1.54, 1.807) is 49.6 Å². The highest BCUT2D eigenvalue weighted by Crippen LogP contribution is 2.21. The molecule has 7 heteroatoms. The molecule has 0 aliphatic heterocycles. The van der Waals surface area contributed by atoms with Crippen LogP contribution in [-0.2, 0) is 9.53 Å². The number of carbonyl (C=O) groups is 2. The predicted octanol–water partition coefficient (Wildman–Crippen LogP) is 4.95. The molecule has 0 N–H and O–H groups in total. The molecule has 6 nitrogen and oxygen atoms in total. The van der Waals surface area contributed by atoms with E-state index in [-0.39, 0.29) is 17.9 Å². The van der Waals surface area contributed by atoms with E-state index in [1.165, 1.54) is 24.3 Å². The van der Waals surface area contributed by atoms with Crippen molar-refractivity contribution in [3.63, 3.8) is 0 Å². The van der Waals surface area contributed by atoms with Crippen LogP contribution in [0.15, 0.2) is 79.4 Å². The number of ether oxygens (including phenoxy) is 4. The Morgan fingerprint density at radius 3 is 2.23 bits per heavy atom. The maximum atomic E-state index is 14.5. The number of hydrogen-bond acceptors (Lipinski definition) is 6.